The SMILES string of the molecule is CCCNCCS(=O)(=O)NCc1ccco1. The van der Waals surface area contributed by atoms with E-state index in [9.17, 15) is 8.42 Å². The van der Waals surface area contributed by atoms with Gasteiger partial charge in [0.1, 0.15) is 5.76 Å². The molecule has 0 fully saturated rings. The van der Waals surface area contributed by atoms with Gasteiger partial charge in [0, 0.05) is 6.54 Å². The fourth-order valence-corrected chi connectivity index (χ4v) is 2.09. The molecule has 0 aromatic carbocycles. The zero-order chi connectivity index (χ0) is 11.9. The molecule has 0 saturated carbocycles. The van der Waals surface area contributed by atoms with Gasteiger partial charge in [-0.2, -0.15) is 0 Å². The van der Waals surface area contributed by atoms with E-state index < -0.39 is 10.0 Å². The molecule has 16 heavy (non-hydrogen) atoms. The highest BCUT2D eigenvalue weighted by molar-refractivity contribution is 7.89. The quantitative estimate of drug-likeness (QED) is 0.662. The molecule has 1 rings (SSSR count). The summed E-state index contributed by atoms with van der Waals surface area (Å²) in [6, 6.07) is 3.46. The minimum Gasteiger partial charge on any atom is -0.468 e. The number of nitrogens with one attached hydrogen (secondary N) is 2. The standard InChI is InChI=1S/C10H18N2O3S/c1-2-5-11-6-8-16(13,14)12-9-10-4-3-7-15-10/h3-4,7,11-12H,2,5-6,8-9H2,1H3. The first-order valence-corrected chi connectivity index (χ1v) is 6.99. The van der Waals surface area contributed by atoms with Crippen LogP contribution in [0.1, 0.15) is 19.1 Å². The fraction of sp³-hybridized carbons (Fsp3) is 0.600. The highest BCUT2D eigenvalue weighted by Crippen LogP contribution is 1.99. The topological polar surface area (TPSA) is 71.3 Å². The maximum Gasteiger partial charge on any atom is 0.213 e. The molecule has 0 radical (unpaired) electrons. The van der Waals surface area contributed by atoms with Crippen LogP contribution < -0.4 is 10.0 Å². The normalized spacial score (nSPS) is 11.8. The molecule has 0 atom stereocenters. The predicted octanol–water partition coefficient (Wildman–Crippen LogP) is 0.699. The third kappa shape index (κ3) is 5.29. The van der Waals surface area contributed by atoms with E-state index in [0.29, 0.717) is 12.3 Å². The molecule has 2 N–H and O–H groups in total. The van der Waals surface area contributed by atoms with E-state index in [1.807, 2.05) is 6.92 Å². The van der Waals surface area contributed by atoms with Crippen LogP contribution >= 0.6 is 0 Å². The monoisotopic (exact) mass is 246 g/mol. The van der Waals surface area contributed by atoms with Crippen molar-refractivity contribution in [1.82, 2.24) is 10.0 Å². The van der Waals surface area contributed by atoms with Crippen LogP contribution in [0.4, 0.5) is 0 Å². The summed E-state index contributed by atoms with van der Waals surface area (Å²) in [7, 11) is -3.21. The zero-order valence-electron chi connectivity index (χ0n) is 9.40. The zero-order valence-corrected chi connectivity index (χ0v) is 10.2. The Morgan fingerprint density at radius 2 is 2.19 bits per heavy atom. The lowest BCUT2D eigenvalue weighted by atomic mass is 10.5. The van der Waals surface area contributed by atoms with Gasteiger partial charge in [-0.15, -0.1) is 0 Å². The minimum atomic E-state index is -3.21. The second-order valence-electron chi connectivity index (χ2n) is 3.47. The molecule has 1 heterocycles. The molecular weight excluding hydrogens is 228 g/mol. The van der Waals surface area contributed by atoms with Gasteiger partial charge in [0.25, 0.3) is 0 Å². The van der Waals surface area contributed by atoms with E-state index in [0.717, 1.165) is 13.0 Å². The maximum atomic E-state index is 11.5. The lowest BCUT2D eigenvalue weighted by Crippen LogP contribution is -2.31. The van der Waals surface area contributed by atoms with E-state index in [1.165, 1.54) is 6.26 Å². The van der Waals surface area contributed by atoms with E-state index >= 15 is 0 Å². The molecule has 0 aliphatic heterocycles. The van der Waals surface area contributed by atoms with Gasteiger partial charge >= 0.3 is 0 Å². The molecule has 0 unspecified atom stereocenters. The van der Waals surface area contributed by atoms with Crippen LogP contribution in [-0.2, 0) is 16.6 Å². The van der Waals surface area contributed by atoms with Crippen LogP contribution in [0.3, 0.4) is 0 Å². The third-order valence-electron chi connectivity index (χ3n) is 2.02. The lowest BCUT2D eigenvalue weighted by Gasteiger charge is -2.05. The summed E-state index contributed by atoms with van der Waals surface area (Å²) in [6.45, 7) is 3.56. The molecule has 6 heteroatoms. The average molecular weight is 246 g/mol. The summed E-state index contributed by atoms with van der Waals surface area (Å²) in [6.07, 6.45) is 2.52. The van der Waals surface area contributed by atoms with E-state index in [1.54, 1.807) is 12.1 Å². The maximum absolute atomic E-state index is 11.5. The van der Waals surface area contributed by atoms with Crippen molar-refractivity contribution >= 4 is 10.0 Å². The smallest absolute Gasteiger partial charge is 0.213 e. The molecule has 0 spiro atoms. The summed E-state index contributed by atoms with van der Waals surface area (Å²) >= 11 is 0. The summed E-state index contributed by atoms with van der Waals surface area (Å²) in [5.74, 6) is 0.707. The molecule has 0 aliphatic carbocycles. The van der Waals surface area contributed by atoms with Crippen LogP contribution in [0.15, 0.2) is 22.8 Å². The Kier molecular flexibility index (Phi) is 5.51. The van der Waals surface area contributed by atoms with Crippen LogP contribution in [0.25, 0.3) is 0 Å². The number of sulfonamides is 1. The number of hydrogen-bond donors (Lipinski definition) is 2. The molecule has 0 aliphatic rings. The largest absolute Gasteiger partial charge is 0.468 e. The van der Waals surface area contributed by atoms with Gasteiger partial charge in [-0.25, -0.2) is 13.1 Å². The summed E-state index contributed by atoms with van der Waals surface area (Å²) in [5.41, 5.74) is 0. The fourth-order valence-electron chi connectivity index (χ4n) is 1.17. The van der Waals surface area contributed by atoms with Crippen LogP contribution in [0.5, 0.6) is 0 Å². The van der Waals surface area contributed by atoms with Crippen molar-refractivity contribution in [2.75, 3.05) is 18.8 Å². The van der Waals surface area contributed by atoms with Crippen molar-refractivity contribution in [2.45, 2.75) is 19.9 Å². The molecule has 0 saturated heterocycles. The van der Waals surface area contributed by atoms with Crippen LogP contribution in [-0.4, -0.2) is 27.3 Å². The van der Waals surface area contributed by atoms with Gasteiger partial charge < -0.3 is 9.73 Å². The first kappa shape index (κ1) is 13.2. The van der Waals surface area contributed by atoms with Crippen molar-refractivity contribution in [1.29, 1.82) is 0 Å². The predicted molar refractivity (Wildman–Crippen MR) is 62.5 cm³/mol. The number of furan rings is 1. The average Bonchev–Trinajstić information content (AvgIpc) is 2.75. The first-order valence-electron chi connectivity index (χ1n) is 5.34. The minimum absolute atomic E-state index is 0.0910. The van der Waals surface area contributed by atoms with Gasteiger partial charge in [-0.3, -0.25) is 0 Å². The van der Waals surface area contributed by atoms with Crippen molar-refractivity contribution in [3.05, 3.63) is 24.2 Å². The Balaban J connectivity index is 2.23. The lowest BCUT2D eigenvalue weighted by molar-refractivity contribution is 0.498. The number of rotatable bonds is 8. The van der Waals surface area contributed by atoms with Crippen molar-refractivity contribution in [3.63, 3.8) is 0 Å². The van der Waals surface area contributed by atoms with E-state index in [4.69, 9.17) is 4.42 Å². The highest BCUT2D eigenvalue weighted by Gasteiger charge is 2.09. The Hall–Kier alpha value is -0.850. The van der Waals surface area contributed by atoms with Gasteiger partial charge in [0.2, 0.25) is 10.0 Å². The highest BCUT2D eigenvalue weighted by atomic mass is 32.2. The molecular formula is C10H18N2O3S. The van der Waals surface area contributed by atoms with Gasteiger partial charge in [0.05, 0.1) is 18.6 Å². The van der Waals surface area contributed by atoms with Crippen molar-refractivity contribution < 1.29 is 12.8 Å². The Morgan fingerprint density at radius 1 is 1.38 bits per heavy atom. The Morgan fingerprint density at radius 3 is 2.81 bits per heavy atom. The molecule has 1 aromatic heterocycles. The summed E-state index contributed by atoms with van der Waals surface area (Å²) < 4.78 is 30.5. The number of hydrogen-bond acceptors (Lipinski definition) is 4. The van der Waals surface area contributed by atoms with Crippen molar-refractivity contribution in [3.8, 4) is 0 Å². The molecule has 0 bridgehead atoms. The van der Waals surface area contributed by atoms with Gasteiger partial charge in [-0.1, -0.05) is 6.92 Å². The first-order chi connectivity index (χ1) is 7.64. The van der Waals surface area contributed by atoms with Gasteiger partial charge in [-0.05, 0) is 25.1 Å². The Labute approximate surface area is 96.3 Å². The Bertz CT molecular complexity index is 373. The third-order valence-corrected chi connectivity index (χ3v) is 3.35. The second-order valence-corrected chi connectivity index (χ2v) is 5.40. The van der Waals surface area contributed by atoms with Crippen molar-refractivity contribution in [2.24, 2.45) is 0 Å². The molecule has 0 amide bonds. The van der Waals surface area contributed by atoms with Crippen LogP contribution in [0, 0.1) is 0 Å². The summed E-state index contributed by atoms with van der Waals surface area (Å²) in [5, 5.41) is 3.04. The second kappa shape index (κ2) is 6.67. The van der Waals surface area contributed by atoms with E-state index in [-0.39, 0.29) is 12.3 Å². The summed E-state index contributed by atoms with van der Waals surface area (Å²) in [4.78, 5) is 0. The van der Waals surface area contributed by atoms with Crippen LogP contribution in [0.2, 0.25) is 0 Å². The van der Waals surface area contributed by atoms with Gasteiger partial charge in [0.15, 0.2) is 0 Å². The molecule has 1 aromatic rings. The molecule has 92 valence electrons. The van der Waals surface area contributed by atoms with E-state index in [2.05, 4.69) is 10.0 Å². The molecule has 5 nitrogen and oxygen atoms in total.